The van der Waals surface area contributed by atoms with E-state index in [0.29, 0.717) is 0 Å². The van der Waals surface area contributed by atoms with Gasteiger partial charge >= 0.3 is 0 Å². The van der Waals surface area contributed by atoms with Gasteiger partial charge in [-0.2, -0.15) is 0 Å². The van der Waals surface area contributed by atoms with Crippen LogP contribution in [-0.4, -0.2) is 12.8 Å². The Balaban J connectivity index is 0. The van der Waals surface area contributed by atoms with Crippen LogP contribution in [0.15, 0.2) is 18.2 Å². The maximum absolute atomic E-state index is 7.19. The molecule has 0 bridgehead atoms. The SMILES string of the molecule is CC.CC.CCNc1ccc(C)cc1C=N. The fraction of sp³-hybridized carbons (Fsp3) is 0.500. The van der Waals surface area contributed by atoms with E-state index in [1.54, 1.807) is 0 Å². The lowest BCUT2D eigenvalue weighted by Crippen LogP contribution is -2.00. The molecule has 1 aromatic carbocycles. The van der Waals surface area contributed by atoms with Crippen molar-refractivity contribution in [3.63, 3.8) is 0 Å². The van der Waals surface area contributed by atoms with Crippen LogP contribution in [0.25, 0.3) is 0 Å². The van der Waals surface area contributed by atoms with Gasteiger partial charge in [0.25, 0.3) is 0 Å². The van der Waals surface area contributed by atoms with Crippen molar-refractivity contribution in [3.8, 4) is 0 Å². The molecular formula is C14H26N2. The Kier molecular flexibility index (Phi) is 12.6. The third-order valence-electron chi connectivity index (χ3n) is 1.73. The molecule has 0 heterocycles. The molecule has 2 heteroatoms. The second-order valence-corrected chi connectivity index (χ2v) is 2.77. The Labute approximate surface area is 101 Å². The third kappa shape index (κ3) is 6.23. The van der Waals surface area contributed by atoms with Crippen molar-refractivity contribution in [2.75, 3.05) is 11.9 Å². The zero-order chi connectivity index (χ0) is 13.0. The van der Waals surface area contributed by atoms with Gasteiger partial charge < -0.3 is 10.7 Å². The summed E-state index contributed by atoms with van der Waals surface area (Å²) in [6.07, 6.45) is 1.38. The molecule has 0 saturated carbocycles. The Morgan fingerprint density at radius 1 is 1.19 bits per heavy atom. The highest BCUT2D eigenvalue weighted by molar-refractivity contribution is 5.86. The van der Waals surface area contributed by atoms with Gasteiger partial charge in [0.15, 0.2) is 0 Å². The van der Waals surface area contributed by atoms with Crippen LogP contribution in [0.4, 0.5) is 5.69 Å². The fourth-order valence-corrected chi connectivity index (χ4v) is 1.15. The molecule has 0 fully saturated rings. The molecule has 0 atom stereocenters. The van der Waals surface area contributed by atoms with Crippen molar-refractivity contribution in [1.82, 2.24) is 0 Å². The summed E-state index contributed by atoms with van der Waals surface area (Å²) in [5, 5.41) is 10.4. The number of anilines is 1. The van der Waals surface area contributed by atoms with Crippen LogP contribution in [0.3, 0.4) is 0 Å². The van der Waals surface area contributed by atoms with Crippen molar-refractivity contribution >= 4 is 11.9 Å². The molecule has 0 amide bonds. The largest absolute Gasteiger partial charge is 0.385 e. The molecule has 1 aromatic rings. The van der Waals surface area contributed by atoms with Crippen LogP contribution in [0.1, 0.15) is 45.7 Å². The molecule has 0 aliphatic rings. The fourth-order valence-electron chi connectivity index (χ4n) is 1.15. The van der Waals surface area contributed by atoms with Crippen LogP contribution in [0, 0.1) is 12.3 Å². The smallest absolute Gasteiger partial charge is 0.0429 e. The summed E-state index contributed by atoms with van der Waals surface area (Å²) in [6.45, 7) is 13.0. The number of rotatable bonds is 3. The lowest BCUT2D eigenvalue weighted by Gasteiger charge is -2.07. The normalized spacial score (nSPS) is 7.88. The quantitative estimate of drug-likeness (QED) is 0.727. The summed E-state index contributed by atoms with van der Waals surface area (Å²) >= 11 is 0. The monoisotopic (exact) mass is 222 g/mol. The van der Waals surface area contributed by atoms with Gasteiger partial charge in [0.1, 0.15) is 0 Å². The van der Waals surface area contributed by atoms with E-state index in [1.807, 2.05) is 59.7 Å². The third-order valence-corrected chi connectivity index (χ3v) is 1.73. The first-order valence-corrected chi connectivity index (χ1v) is 6.13. The van der Waals surface area contributed by atoms with E-state index in [2.05, 4.69) is 5.32 Å². The molecule has 0 saturated heterocycles. The van der Waals surface area contributed by atoms with E-state index in [0.717, 1.165) is 17.8 Å². The molecule has 16 heavy (non-hydrogen) atoms. The van der Waals surface area contributed by atoms with Crippen molar-refractivity contribution in [1.29, 1.82) is 5.41 Å². The molecule has 0 radical (unpaired) electrons. The molecule has 0 unspecified atom stereocenters. The molecule has 2 nitrogen and oxygen atoms in total. The van der Waals surface area contributed by atoms with Gasteiger partial charge in [0.05, 0.1) is 0 Å². The lowest BCUT2D eigenvalue weighted by atomic mass is 10.1. The van der Waals surface area contributed by atoms with Crippen LogP contribution in [0.2, 0.25) is 0 Å². The first kappa shape index (κ1) is 17.1. The molecule has 0 aliphatic heterocycles. The number of hydrogen-bond donors (Lipinski definition) is 2. The van der Waals surface area contributed by atoms with Crippen LogP contribution in [-0.2, 0) is 0 Å². The molecule has 0 spiro atoms. The number of benzene rings is 1. The van der Waals surface area contributed by atoms with Crippen molar-refractivity contribution in [3.05, 3.63) is 29.3 Å². The molecular weight excluding hydrogens is 196 g/mol. The van der Waals surface area contributed by atoms with Gasteiger partial charge in [-0.1, -0.05) is 39.3 Å². The van der Waals surface area contributed by atoms with Gasteiger partial charge in [-0.05, 0) is 26.0 Å². The van der Waals surface area contributed by atoms with Crippen molar-refractivity contribution < 1.29 is 0 Å². The Bertz CT molecular complexity index is 280. The maximum Gasteiger partial charge on any atom is 0.0429 e. The topological polar surface area (TPSA) is 35.9 Å². The van der Waals surface area contributed by atoms with Gasteiger partial charge in [-0.3, -0.25) is 0 Å². The average molecular weight is 222 g/mol. The highest BCUT2D eigenvalue weighted by atomic mass is 14.9. The zero-order valence-corrected chi connectivity index (χ0v) is 11.5. The summed E-state index contributed by atoms with van der Waals surface area (Å²) in [6, 6.07) is 6.06. The van der Waals surface area contributed by atoms with Crippen LogP contribution < -0.4 is 5.32 Å². The first-order chi connectivity index (χ1) is 7.77. The van der Waals surface area contributed by atoms with Gasteiger partial charge in [-0.25, -0.2) is 0 Å². The molecule has 0 aliphatic carbocycles. The minimum absolute atomic E-state index is 0.893. The molecule has 2 N–H and O–H groups in total. The summed E-state index contributed by atoms with van der Waals surface area (Å²) < 4.78 is 0. The summed E-state index contributed by atoms with van der Waals surface area (Å²) in [4.78, 5) is 0. The standard InChI is InChI=1S/C10H14N2.2C2H6/c1-3-12-10-5-4-8(2)6-9(10)7-11;2*1-2/h4-7,11-12H,3H2,1-2H3;2*1-2H3. The average Bonchev–Trinajstić information content (AvgIpc) is 2.36. The van der Waals surface area contributed by atoms with Crippen LogP contribution >= 0.6 is 0 Å². The predicted octanol–water partition coefficient (Wildman–Crippen LogP) is 4.48. The Morgan fingerprint density at radius 2 is 1.75 bits per heavy atom. The zero-order valence-electron chi connectivity index (χ0n) is 11.5. The highest BCUT2D eigenvalue weighted by Crippen LogP contribution is 2.14. The van der Waals surface area contributed by atoms with E-state index in [1.165, 1.54) is 11.8 Å². The van der Waals surface area contributed by atoms with Gasteiger partial charge in [0.2, 0.25) is 0 Å². The Morgan fingerprint density at radius 3 is 2.19 bits per heavy atom. The van der Waals surface area contributed by atoms with Gasteiger partial charge in [-0.15, -0.1) is 0 Å². The molecule has 1 rings (SSSR count). The van der Waals surface area contributed by atoms with E-state index in [-0.39, 0.29) is 0 Å². The minimum Gasteiger partial charge on any atom is -0.385 e. The van der Waals surface area contributed by atoms with E-state index < -0.39 is 0 Å². The molecule has 92 valence electrons. The predicted molar refractivity (Wildman–Crippen MR) is 75.9 cm³/mol. The van der Waals surface area contributed by atoms with Gasteiger partial charge in [0, 0.05) is 24.0 Å². The van der Waals surface area contributed by atoms with E-state index in [4.69, 9.17) is 5.41 Å². The van der Waals surface area contributed by atoms with E-state index >= 15 is 0 Å². The minimum atomic E-state index is 0.893. The van der Waals surface area contributed by atoms with E-state index in [9.17, 15) is 0 Å². The van der Waals surface area contributed by atoms with Crippen molar-refractivity contribution in [2.24, 2.45) is 0 Å². The number of hydrogen-bond acceptors (Lipinski definition) is 2. The summed E-state index contributed by atoms with van der Waals surface area (Å²) in [5.41, 5.74) is 3.19. The number of aryl methyl sites for hydroxylation is 1. The number of nitrogens with one attached hydrogen (secondary N) is 2. The Hall–Kier alpha value is -1.31. The highest BCUT2D eigenvalue weighted by Gasteiger charge is 1.97. The van der Waals surface area contributed by atoms with Crippen molar-refractivity contribution in [2.45, 2.75) is 41.5 Å². The summed E-state index contributed by atoms with van der Waals surface area (Å²) in [5.74, 6) is 0. The van der Waals surface area contributed by atoms with Crippen LogP contribution in [0.5, 0.6) is 0 Å². The lowest BCUT2D eigenvalue weighted by molar-refractivity contribution is 1.21. The summed E-state index contributed by atoms with van der Waals surface area (Å²) in [7, 11) is 0. The second-order valence-electron chi connectivity index (χ2n) is 2.77. The maximum atomic E-state index is 7.19. The first-order valence-electron chi connectivity index (χ1n) is 6.13. The second kappa shape index (κ2) is 11.8. The molecule has 0 aromatic heterocycles.